The first kappa shape index (κ1) is 11.9. The van der Waals surface area contributed by atoms with Gasteiger partial charge in [0.25, 0.3) is 0 Å². The summed E-state index contributed by atoms with van der Waals surface area (Å²) in [6.45, 7) is 2.22. The number of hydrogen-bond acceptors (Lipinski definition) is 2. The first-order chi connectivity index (χ1) is 8.11. The van der Waals surface area contributed by atoms with Crippen LogP contribution in [-0.4, -0.2) is 17.7 Å². The molecule has 4 fully saturated rings. The molecule has 0 spiro atoms. The molecule has 0 aliphatic heterocycles. The van der Waals surface area contributed by atoms with Crippen molar-refractivity contribution in [3.63, 3.8) is 0 Å². The SMILES string of the molecule is C[C@@H](NC(=O)CS)C12CC3CC(CC(C3)C1)C2. The number of nitrogens with one attached hydrogen (secondary N) is 1. The van der Waals surface area contributed by atoms with Crippen LogP contribution in [0.3, 0.4) is 0 Å². The van der Waals surface area contributed by atoms with E-state index < -0.39 is 0 Å². The second-order valence-electron chi connectivity index (χ2n) is 6.73. The second-order valence-corrected chi connectivity index (χ2v) is 7.04. The fraction of sp³-hybridized carbons (Fsp3) is 0.929. The van der Waals surface area contributed by atoms with Gasteiger partial charge in [0.15, 0.2) is 0 Å². The molecule has 0 heterocycles. The minimum Gasteiger partial charge on any atom is -0.352 e. The summed E-state index contributed by atoms with van der Waals surface area (Å²) in [5, 5.41) is 3.17. The molecule has 0 aromatic rings. The smallest absolute Gasteiger partial charge is 0.229 e. The van der Waals surface area contributed by atoms with Crippen LogP contribution in [0.25, 0.3) is 0 Å². The molecule has 1 N–H and O–H groups in total. The molecule has 0 aromatic heterocycles. The molecule has 4 saturated carbocycles. The third-order valence-electron chi connectivity index (χ3n) is 5.53. The van der Waals surface area contributed by atoms with Crippen LogP contribution in [0.4, 0.5) is 0 Å². The average molecular weight is 253 g/mol. The van der Waals surface area contributed by atoms with Crippen LogP contribution in [0.5, 0.6) is 0 Å². The van der Waals surface area contributed by atoms with Gasteiger partial charge in [-0.3, -0.25) is 4.79 Å². The Hall–Kier alpha value is -0.180. The lowest BCUT2D eigenvalue weighted by Crippen LogP contribution is -2.56. The maximum Gasteiger partial charge on any atom is 0.229 e. The molecule has 96 valence electrons. The number of amides is 1. The van der Waals surface area contributed by atoms with Crippen LogP contribution >= 0.6 is 12.6 Å². The van der Waals surface area contributed by atoms with E-state index in [0.717, 1.165) is 17.8 Å². The average Bonchev–Trinajstić information content (AvgIpc) is 2.26. The zero-order valence-corrected chi connectivity index (χ0v) is 11.5. The molecule has 4 aliphatic rings. The third-order valence-corrected chi connectivity index (χ3v) is 5.81. The van der Waals surface area contributed by atoms with Crippen LogP contribution in [0.1, 0.15) is 45.4 Å². The lowest BCUT2D eigenvalue weighted by atomic mass is 9.48. The van der Waals surface area contributed by atoms with Crippen molar-refractivity contribution in [2.75, 3.05) is 5.75 Å². The quantitative estimate of drug-likeness (QED) is 0.744. The van der Waals surface area contributed by atoms with Crippen molar-refractivity contribution < 1.29 is 4.79 Å². The number of carbonyl (C=O) groups is 1. The lowest BCUT2D eigenvalue weighted by molar-refractivity contribution is -0.123. The molecule has 0 radical (unpaired) electrons. The van der Waals surface area contributed by atoms with Crippen LogP contribution in [-0.2, 0) is 4.79 Å². The highest BCUT2D eigenvalue weighted by atomic mass is 32.1. The Morgan fingerprint density at radius 1 is 1.24 bits per heavy atom. The van der Waals surface area contributed by atoms with Crippen molar-refractivity contribution in [3.05, 3.63) is 0 Å². The van der Waals surface area contributed by atoms with Gasteiger partial charge in [0.2, 0.25) is 5.91 Å². The first-order valence-electron chi connectivity index (χ1n) is 7.01. The van der Waals surface area contributed by atoms with Gasteiger partial charge in [-0.25, -0.2) is 0 Å². The van der Waals surface area contributed by atoms with Gasteiger partial charge in [-0.1, -0.05) is 0 Å². The van der Waals surface area contributed by atoms with Gasteiger partial charge in [-0.05, 0) is 68.6 Å². The predicted molar refractivity (Wildman–Crippen MR) is 72.1 cm³/mol. The summed E-state index contributed by atoms with van der Waals surface area (Å²) < 4.78 is 0. The van der Waals surface area contributed by atoms with Gasteiger partial charge < -0.3 is 5.32 Å². The van der Waals surface area contributed by atoms with Crippen molar-refractivity contribution in [3.8, 4) is 0 Å². The standard InChI is InChI=1S/C14H23NOS/c1-9(15-13(16)8-17)14-5-10-2-11(6-14)4-12(3-10)7-14/h9-12,17H,2-8H2,1H3,(H,15,16)/t9-,10?,11?,12?,14?/m1/s1. The largest absolute Gasteiger partial charge is 0.352 e. The van der Waals surface area contributed by atoms with Gasteiger partial charge in [-0.15, -0.1) is 0 Å². The highest BCUT2D eigenvalue weighted by Gasteiger charge is 2.53. The fourth-order valence-electron chi connectivity index (χ4n) is 5.15. The maximum atomic E-state index is 11.5. The molecule has 0 saturated heterocycles. The van der Waals surface area contributed by atoms with E-state index in [0.29, 0.717) is 17.2 Å². The minimum atomic E-state index is 0.0941. The summed E-state index contributed by atoms with van der Waals surface area (Å²) in [6.07, 6.45) is 8.46. The number of thiol groups is 1. The molecule has 1 atom stereocenters. The molecule has 17 heavy (non-hydrogen) atoms. The maximum absolute atomic E-state index is 11.5. The summed E-state index contributed by atoms with van der Waals surface area (Å²) >= 11 is 4.06. The molecular weight excluding hydrogens is 230 g/mol. The summed E-state index contributed by atoms with van der Waals surface area (Å²) in [4.78, 5) is 11.5. The Kier molecular flexibility index (Phi) is 2.92. The Bertz CT molecular complexity index is 293. The lowest BCUT2D eigenvalue weighted by Gasteiger charge is -2.59. The normalized spacial score (nSPS) is 44.7. The van der Waals surface area contributed by atoms with Crippen molar-refractivity contribution in [2.45, 2.75) is 51.5 Å². The van der Waals surface area contributed by atoms with Crippen molar-refractivity contribution >= 4 is 18.5 Å². The van der Waals surface area contributed by atoms with Crippen LogP contribution in [0.2, 0.25) is 0 Å². The number of carbonyl (C=O) groups excluding carboxylic acids is 1. The van der Waals surface area contributed by atoms with E-state index in [1.165, 1.54) is 38.5 Å². The Morgan fingerprint density at radius 3 is 2.12 bits per heavy atom. The number of hydrogen-bond donors (Lipinski definition) is 2. The molecular formula is C14H23NOS. The summed E-state index contributed by atoms with van der Waals surface area (Å²) in [6, 6.07) is 0.343. The van der Waals surface area contributed by atoms with Gasteiger partial charge in [-0.2, -0.15) is 12.6 Å². The summed E-state index contributed by atoms with van der Waals surface area (Å²) in [7, 11) is 0. The van der Waals surface area contributed by atoms with Gasteiger partial charge in [0, 0.05) is 6.04 Å². The second kappa shape index (κ2) is 4.18. The van der Waals surface area contributed by atoms with Crippen molar-refractivity contribution in [2.24, 2.45) is 23.2 Å². The Morgan fingerprint density at radius 2 is 1.71 bits per heavy atom. The topological polar surface area (TPSA) is 29.1 Å². The highest BCUT2D eigenvalue weighted by Crippen LogP contribution is 2.61. The van der Waals surface area contributed by atoms with E-state index in [2.05, 4.69) is 24.9 Å². The van der Waals surface area contributed by atoms with Crippen molar-refractivity contribution in [1.29, 1.82) is 0 Å². The summed E-state index contributed by atoms with van der Waals surface area (Å²) in [5.74, 6) is 3.28. The van der Waals surface area contributed by atoms with E-state index in [1.807, 2.05) is 0 Å². The van der Waals surface area contributed by atoms with E-state index >= 15 is 0 Å². The molecule has 1 amide bonds. The third kappa shape index (κ3) is 2.00. The fourth-order valence-corrected chi connectivity index (χ4v) is 5.24. The van der Waals surface area contributed by atoms with Gasteiger partial charge in [0.05, 0.1) is 5.75 Å². The molecule has 0 aromatic carbocycles. The predicted octanol–water partition coefficient (Wildman–Crippen LogP) is 2.64. The molecule has 2 nitrogen and oxygen atoms in total. The van der Waals surface area contributed by atoms with E-state index in [-0.39, 0.29) is 5.91 Å². The zero-order chi connectivity index (χ0) is 12.0. The molecule has 4 bridgehead atoms. The summed E-state index contributed by atoms with van der Waals surface area (Å²) in [5.41, 5.74) is 0.424. The Balaban J connectivity index is 1.75. The molecule has 3 heteroatoms. The zero-order valence-electron chi connectivity index (χ0n) is 10.6. The monoisotopic (exact) mass is 253 g/mol. The van der Waals surface area contributed by atoms with Crippen LogP contribution < -0.4 is 5.32 Å². The first-order valence-corrected chi connectivity index (χ1v) is 7.65. The van der Waals surface area contributed by atoms with Crippen LogP contribution in [0, 0.1) is 23.2 Å². The van der Waals surface area contributed by atoms with E-state index in [1.54, 1.807) is 0 Å². The molecule has 4 aliphatic carbocycles. The van der Waals surface area contributed by atoms with Crippen LogP contribution in [0.15, 0.2) is 0 Å². The molecule has 0 unspecified atom stereocenters. The van der Waals surface area contributed by atoms with E-state index in [4.69, 9.17) is 0 Å². The van der Waals surface area contributed by atoms with Crippen molar-refractivity contribution in [1.82, 2.24) is 5.32 Å². The Labute approximate surface area is 109 Å². The molecule has 4 rings (SSSR count). The van der Waals surface area contributed by atoms with E-state index in [9.17, 15) is 4.79 Å². The van der Waals surface area contributed by atoms with Gasteiger partial charge >= 0.3 is 0 Å². The minimum absolute atomic E-state index is 0.0941. The van der Waals surface area contributed by atoms with Gasteiger partial charge in [0.1, 0.15) is 0 Å². The number of rotatable bonds is 3. The highest BCUT2D eigenvalue weighted by molar-refractivity contribution is 7.81.